The van der Waals surface area contributed by atoms with Gasteiger partial charge in [-0.1, -0.05) is 12.1 Å². The van der Waals surface area contributed by atoms with Crippen LogP contribution >= 0.6 is 24.0 Å². The highest BCUT2D eigenvalue weighted by Crippen LogP contribution is 2.18. The lowest BCUT2D eigenvalue weighted by Crippen LogP contribution is -2.48. The van der Waals surface area contributed by atoms with Crippen molar-refractivity contribution in [2.45, 2.75) is 32.7 Å². The number of ether oxygens (including phenoxy) is 2. The predicted octanol–water partition coefficient (Wildman–Crippen LogP) is 2.99. The normalized spacial score (nSPS) is 16.8. The molecule has 1 aromatic rings. The van der Waals surface area contributed by atoms with E-state index in [1.807, 2.05) is 19.1 Å². The molecule has 1 aliphatic heterocycles. The number of carbonyl (C=O) groups excluding carboxylic acids is 1. The summed E-state index contributed by atoms with van der Waals surface area (Å²) < 4.78 is 11.0. The van der Waals surface area contributed by atoms with Crippen LogP contribution in [0.1, 0.15) is 31.7 Å². The maximum Gasteiger partial charge on any atom is 0.310 e. The molecule has 1 fully saturated rings. The van der Waals surface area contributed by atoms with E-state index in [1.54, 1.807) is 7.05 Å². The van der Waals surface area contributed by atoms with Gasteiger partial charge in [-0.3, -0.25) is 9.79 Å². The first-order chi connectivity index (χ1) is 14.0. The smallest absolute Gasteiger partial charge is 0.310 e. The van der Waals surface area contributed by atoms with Gasteiger partial charge in [0.15, 0.2) is 5.96 Å². The molecule has 1 saturated heterocycles. The molecule has 1 atom stereocenters. The second kappa shape index (κ2) is 14.5. The van der Waals surface area contributed by atoms with E-state index in [-0.39, 0.29) is 35.9 Å². The van der Waals surface area contributed by atoms with Gasteiger partial charge in [-0.2, -0.15) is 0 Å². The van der Waals surface area contributed by atoms with Crippen molar-refractivity contribution in [3.8, 4) is 5.75 Å². The van der Waals surface area contributed by atoms with E-state index in [0.29, 0.717) is 19.7 Å². The summed E-state index contributed by atoms with van der Waals surface area (Å²) in [6.07, 6.45) is 2.85. The SMILES string of the molecule is CCOC(=O)C1CCCN(C(=NC)NCc2ccc(OCCCN(C)C)cc2)C1.I. The van der Waals surface area contributed by atoms with E-state index in [0.717, 1.165) is 56.2 Å². The number of guanidine groups is 1. The van der Waals surface area contributed by atoms with E-state index < -0.39 is 0 Å². The van der Waals surface area contributed by atoms with Gasteiger partial charge >= 0.3 is 5.97 Å². The molecule has 1 N–H and O–H groups in total. The molecule has 1 unspecified atom stereocenters. The fraction of sp³-hybridized carbons (Fsp3) is 0.636. The number of rotatable bonds is 9. The summed E-state index contributed by atoms with van der Waals surface area (Å²) in [5.74, 6) is 1.54. The van der Waals surface area contributed by atoms with E-state index in [9.17, 15) is 4.79 Å². The van der Waals surface area contributed by atoms with E-state index in [1.165, 1.54) is 0 Å². The first kappa shape index (κ1) is 26.5. The van der Waals surface area contributed by atoms with Crippen molar-refractivity contribution in [2.24, 2.45) is 10.9 Å². The predicted molar refractivity (Wildman–Crippen MR) is 132 cm³/mol. The summed E-state index contributed by atoms with van der Waals surface area (Å²) in [5, 5.41) is 3.41. The summed E-state index contributed by atoms with van der Waals surface area (Å²) in [7, 11) is 5.91. The number of piperidine rings is 1. The molecule has 170 valence electrons. The molecule has 0 saturated carbocycles. The lowest BCUT2D eigenvalue weighted by Gasteiger charge is -2.34. The Labute approximate surface area is 198 Å². The maximum atomic E-state index is 12.1. The summed E-state index contributed by atoms with van der Waals surface area (Å²) in [6.45, 7) is 6.24. The molecular formula is C22H37IN4O3. The average molecular weight is 532 g/mol. The molecule has 0 aromatic heterocycles. The zero-order valence-electron chi connectivity index (χ0n) is 18.7. The van der Waals surface area contributed by atoms with Gasteiger partial charge in [0.25, 0.3) is 0 Å². The fourth-order valence-electron chi connectivity index (χ4n) is 3.41. The van der Waals surface area contributed by atoms with Crippen LogP contribution in [0.3, 0.4) is 0 Å². The van der Waals surface area contributed by atoms with Gasteiger partial charge in [-0.15, -0.1) is 24.0 Å². The lowest BCUT2D eigenvalue weighted by molar-refractivity contribution is -0.149. The molecule has 0 radical (unpaired) electrons. The Balaban J connectivity index is 0.00000450. The molecule has 0 amide bonds. The standard InChI is InChI=1S/C22H36N4O3.HI/c1-5-28-21(27)19-8-6-14-26(17-19)22(23-2)24-16-18-9-11-20(12-10-18)29-15-7-13-25(3)4;/h9-12,19H,5-8,13-17H2,1-4H3,(H,23,24);1H. The third-order valence-electron chi connectivity index (χ3n) is 4.95. The topological polar surface area (TPSA) is 66.4 Å². The van der Waals surface area contributed by atoms with Crippen molar-refractivity contribution in [3.05, 3.63) is 29.8 Å². The molecule has 7 nitrogen and oxygen atoms in total. The number of nitrogens with one attached hydrogen (secondary N) is 1. The molecule has 1 heterocycles. The third-order valence-corrected chi connectivity index (χ3v) is 4.95. The van der Waals surface area contributed by atoms with E-state index >= 15 is 0 Å². The van der Waals surface area contributed by atoms with Gasteiger partial charge in [-0.25, -0.2) is 0 Å². The van der Waals surface area contributed by atoms with Crippen LogP contribution in [0.4, 0.5) is 0 Å². The molecule has 0 aliphatic carbocycles. The number of esters is 1. The first-order valence-electron chi connectivity index (χ1n) is 10.5. The highest BCUT2D eigenvalue weighted by atomic mass is 127. The summed E-state index contributed by atoms with van der Waals surface area (Å²) in [5.41, 5.74) is 1.16. The Kier molecular flexibility index (Phi) is 12.8. The molecule has 30 heavy (non-hydrogen) atoms. The van der Waals surface area contributed by atoms with Crippen molar-refractivity contribution in [1.82, 2.24) is 15.1 Å². The molecular weight excluding hydrogens is 495 g/mol. The van der Waals surface area contributed by atoms with Gasteiger partial charge in [0.05, 0.1) is 19.1 Å². The van der Waals surface area contributed by atoms with Crippen molar-refractivity contribution in [2.75, 3.05) is 54.0 Å². The first-order valence-corrected chi connectivity index (χ1v) is 10.5. The van der Waals surface area contributed by atoms with Crippen LogP contribution in [0.5, 0.6) is 5.75 Å². The Bertz CT molecular complexity index is 652. The zero-order valence-corrected chi connectivity index (χ0v) is 21.1. The Morgan fingerprint density at radius 1 is 1.30 bits per heavy atom. The molecule has 0 bridgehead atoms. The second-order valence-electron chi connectivity index (χ2n) is 7.59. The van der Waals surface area contributed by atoms with Crippen molar-refractivity contribution < 1.29 is 14.3 Å². The third kappa shape index (κ3) is 9.07. The summed E-state index contributed by atoms with van der Waals surface area (Å²) in [6, 6.07) is 8.15. The Morgan fingerprint density at radius 3 is 2.67 bits per heavy atom. The van der Waals surface area contributed by atoms with Gasteiger partial charge in [0, 0.05) is 33.2 Å². The molecule has 1 aromatic carbocycles. The van der Waals surface area contributed by atoms with Crippen molar-refractivity contribution in [1.29, 1.82) is 0 Å². The van der Waals surface area contributed by atoms with Crippen LogP contribution in [0, 0.1) is 5.92 Å². The average Bonchev–Trinajstić information content (AvgIpc) is 2.73. The minimum Gasteiger partial charge on any atom is -0.494 e. The minimum absolute atomic E-state index is 0. The summed E-state index contributed by atoms with van der Waals surface area (Å²) in [4.78, 5) is 20.8. The number of carbonyl (C=O) groups is 1. The lowest BCUT2D eigenvalue weighted by atomic mass is 9.98. The summed E-state index contributed by atoms with van der Waals surface area (Å²) >= 11 is 0. The maximum absolute atomic E-state index is 12.1. The highest BCUT2D eigenvalue weighted by Gasteiger charge is 2.28. The molecule has 2 rings (SSSR count). The highest BCUT2D eigenvalue weighted by molar-refractivity contribution is 14.0. The monoisotopic (exact) mass is 532 g/mol. The van der Waals surface area contributed by atoms with Gasteiger partial charge in [0.2, 0.25) is 0 Å². The fourth-order valence-corrected chi connectivity index (χ4v) is 3.41. The molecule has 8 heteroatoms. The van der Waals surface area contributed by atoms with Crippen LogP contribution in [0.2, 0.25) is 0 Å². The number of benzene rings is 1. The van der Waals surface area contributed by atoms with E-state index in [2.05, 4.69) is 46.3 Å². The number of hydrogen-bond acceptors (Lipinski definition) is 5. The largest absolute Gasteiger partial charge is 0.494 e. The molecule has 0 spiro atoms. The quantitative estimate of drug-likeness (QED) is 0.174. The van der Waals surface area contributed by atoms with Crippen LogP contribution in [-0.2, 0) is 16.1 Å². The van der Waals surface area contributed by atoms with E-state index in [4.69, 9.17) is 9.47 Å². The van der Waals surface area contributed by atoms with Crippen LogP contribution in [0.25, 0.3) is 0 Å². The molecule has 1 aliphatic rings. The van der Waals surface area contributed by atoms with Crippen molar-refractivity contribution >= 4 is 35.9 Å². The van der Waals surface area contributed by atoms with Crippen LogP contribution in [0.15, 0.2) is 29.3 Å². The van der Waals surface area contributed by atoms with Gasteiger partial charge < -0.3 is 24.6 Å². The number of nitrogens with zero attached hydrogens (tertiary/aromatic N) is 3. The number of likely N-dealkylation sites (tertiary alicyclic amines) is 1. The Morgan fingerprint density at radius 2 is 2.03 bits per heavy atom. The van der Waals surface area contributed by atoms with Crippen LogP contribution in [-0.4, -0.2) is 75.7 Å². The van der Waals surface area contributed by atoms with Crippen molar-refractivity contribution in [3.63, 3.8) is 0 Å². The van der Waals surface area contributed by atoms with Crippen LogP contribution < -0.4 is 10.1 Å². The number of hydrogen-bond donors (Lipinski definition) is 1. The minimum atomic E-state index is -0.103. The zero-order chi connectivity index (χ0) is 21.1. The number of halogens is 1. The number of aliphatic imine (C=N–C) groups is 1. The van der Waals surface area contributed by atoms with Gasteiger partial charge in [0.1, 0.15) is 5.75 Å². The Hall–Kier alpha value is -1.55. The second-order valence-corrected chi connectivity index (χ2v) is 7.59. The van der Waals surface area contributed by atoms with Gasteiger partial charge in [-0.05, 0) is 58.0 Å².